The second kappa shape index (κ2) is 6.29. The van der Waals surface area contributed by atoms with Gasteiger partial charge in [0.25, 0.3) is 0 Å². The van der Waals surface area contributed by atoms with Crippen molar-refractivity contribution in [3.8, 4) is 0 Å². The lowest BCUT2D eigenvalue weighted by molar-refractivity contribution is -0.122. The molecule has 1 fully saturated rings. The van der Waals surface area contributed by atoms with Gasteiger partial charge in [0.05, 0.1) is 6.04 Å². The van der Waals surface area contributed by atoms with Crippen molar-refractivity contribution >= 4 is 12.0 Å². The van der Waals surface area contributed by atoms with Gasteiger partial charge in [0, 0.05) is 11.5 Å². The minimum atomic E-state index is -0.659. The molecule has 0 aromatic rings. The van der Waals surface area contributed by atoms with Gasteiger partial charge in [-0.05, 0) is 39.1 Å². The quantitative estimate of drug-likeness (QED) is 0.449. The number of hydrogen-bond donors (Lipinski definition) is 2. The van der Waals surface area contributed by atoms with Crippen LogP contribution >= 0.6 is 0 Å². The van der Waals surface area contributed by atoms with Crippen LogP contribution in [0.3, 0.4) is 0 Å². The molecule has 106 valence electrons. The van der Waals surface area contributed by atoms with Crippen LogP contribution in [-0.4, -0.2) is 36.2 Å². The van der Waals surface area contributed by atoms with E-state index in [-0.39, 0.29) is 18.5 Å². The summed E-state index contributed by atoms with van der Waals surface area (Å²) in [6.45, 7) is 5.53. The molecule has 1 aliphatic heterocycles. The largest absolute Gasteiger partial charge is 0.444 e. The number of amides is 2. The minimum absolute atomic E-state index is 0.278. The molecule has 0 aromatic heterocycles. The molecule has 2 N–H and O–H groups in total. The molecule has 2 amide bonds. The molecule has 0 unspecified atom stereocenters. The summed E-state index contributed by atoms with van der Waals surface area (Å²) in [7, 11) is 0. The monoisotopic (exact) mass is 269 g/mol. The van der Waals surface area contributed by atoms with Gasteiger partial charge >= 0.3 is 6.09 Å². The van der Waals surface area contributed by atoms with Gasteiger partial charge in [-0.1, -0.05) is 5.11 Å². The van der Waals surface area contributed by atoms with E-state index in [9.17, 15) is 9.59 Å². The van der Waals surface area contributed by atoms with Crippen LogP contribution in [0, 0.1) is 0 Å². The summed E-state index contributed by atoms with van der Waals surface area (Å²) in [5.41, 5.74) is 7.76. The second-order valence-electron chi connectivity index (χ2n) is 5.38. The summed E-state index contributed by atoms with van der Waals surface area (Å²) < 4.78 is 5.09. The molecule has 1 saturated heterocycles. The van der Waals surface area contributed by atoms with E-state index in [0.29, 0.717) is 12.8 Å². The highest BCUT2D eigenvalue weighted by Gasteiger charge is 2.27. The zero-order chi connectivity index (χ0) is 14.5. The van der Waals surface area contributed by atoms with E-state index < -0.39 is 17.7 Å². The van der Waals surface area contributed by atoms with Crippen LogP contribution in [0.15, 0.2) is 5.11 Å². The van der Waals surface area contributed by atoms with Crippen LogP contribution in [0.5, 0.6) is 0 Å². The van der Waals surface area contributed by atoms with Gasteiger partial charge in [-0.2, -0.15) is 0 Å². The standard InChI is InChI=1S/C11H19N5O3/c1-11(2,3)19-10(18)14-8-5-4-7(15-16-12)6-13-9(8)17/h7-8H,4-6H2,1-3H3,(H,13,17)(H,14,18)/t7-,8-/m0/s1. The maximum Gasteiger partial charge on any atom is 0.408 e. The zero-order valence-electron chi connectivity index (χ0n) is 11.3. The first-order valence-electron chi connectivity index (χ1n) is 6.13. The highest BCUT2D eigenvalue weighted by molar-refractivity contribution is 5.85. The van der Waals surface area contributed by atoms with Crippen molar-refractivity contribution < 1.29 is 14.3 Å². The lowest BCUT2D eigenvalue weighted by Crippen LogP contribution is -2.47. The number of rotatable bonds is 2. The molecule has 2 atom stereocenters. The van der Waals surface area contributed by atoms with Crippen molar-refractivity contribution in [2.45, 2.75) is 51.3 Å². The Morgan fingerprint density at radius 3 is 2.79 bits per heavy atom. The average Bonchev–Trinajstić information content (AvgIpc) is 2.42. The van der Waals surface area contributed by atoms with E-state index >= 15 is 0 Å². The first-order valence-corrected chi connectivity index (χ1v) is 6.13. The van der Waals surface area contributed by atoms with Crippen LogP contribution in [0.2, 0.25) is 0 Å². The number of carbonyl (C=O) groups is 2. The summed E-state index contributed by atoms with van der Waals surface area (Å²) in [6.07, 6.45) is 0.313. The lowest BCUT2D eigenvalue weighted by Gasteiger charge is -2.22. The van der Waals surface area contributed by atoms with Gasteiger partial charge in [0.2, 0.25) is 5.91 Å². The van der Waals surface area contributed by atoms with Crippen molar-refractivity contribution in [3.05, 3.63) is 10.4 Å². The third-order valence-corrected chi connectivity index (χ3v) is 2.52. The van der Waals surface area contributed by atoms with Crippen LogP contribution in [0.25, 0.3) is 10.4 Å². The van der Waals surface area contributed by atoms with Gasteiger partial charge in [-0.25, -0.2) is 4.79 Å². The van der Waals surface area contributed by atoms with E-state index in [1.165, 1.54) is 0 Å². The Morgan fingerprint density at radius 2 is 2.21 bits per heavy atom. The molecule has 8 nitrogen and oxygen atoms in total. The number of nitrogens with one attached hydrogen (secondary N) is 2. The normalized spacial score (nSPS) is 23.6. The molecule has 0 saturated carbocycles. The Labute approximate surface area is 111 Å². The van der Waals surface area contributed by atoms with Gasteiger partial charge in [0.15, 0.2) is 0 Å². The van der Waals surface area contributed by atoms with Gasteiger partial charge in [0.1, 0.15) is 11.6 Å². The molecule has 1 rings (SSSR count). The van der Waals surface area contributed by atoms with Crippen molar-refractivity contribution in [3.63, 3.8) is 0 Å². The Bertz CT molecular complexity index is 398. The molecule has 0 spiro atoms. The number of hydrogen-bond acceptors (Lipinski definition) is 4. The molecular weight excluding hydrogens is 250 g/mol. The van der Waals surface area contributed by atoms with Crippen LogP contribution < -0.4 is 10.6 Å². The van der Waals surface area contributed by atoms with E-state index in [4.69, 9.17) is 10.3 Å². The topological polar surface area (TPSA) is 116 Å². The van der Waals surface area contributed by atoms with Crippen molar-refractivity contribution in [1.82, 2.24) is 10.6 Å². The Balaban J connectivity index is 2.56. The number of nitrogens with zero attached hydrogens (tertiary/aromatic N) is 3. The Hall–Kier alpha value is -1.95. The smallest absolute Gasteiger partial charge is 0.408 e. The summed E-state index contributed by atoms with van der Waals surface area (Å²) in [5.74, 6) is -0.290. The van der Waals surface area contributed by atoms with E-state index in [1.807, 2.05) is 0 Å². The fourth-order valence-electron chi connectivity index (χ4n) is 1.69. The predicted octanol–water partition coefficient (Wildman–Crippen LogP) is 1.47. The fourth-order valence-corrected chi connectivity index (χ4v) is 1.69. The average molecular weight is 269 g/mol. The highest BCUT2D eigenvalue weighted by atomic mass is 16.6. The Morgan fingerprint density at radius 1 is 1.53 bits per heavy atom. The molecule has 0 aliphatic carbocycles. The van der Waals surface area contributed by atoms with Crippen LogP contribution in [0.4, 0.5) is 4.79 Å². The number of carbonyl (C=O) groups excluding carboxylic acids is 2. The van der Waals surface area contributed by atoms with Gasteiger partial charge in [-0.3, -0.25) is 4.79 Å². The highest BCUT2D eigenvalue weighted by Crippen LogP contribution is 2.11. The Kier molecular flexibility index (Phi) is 5.00. The summed E-state index contributed by atoms with van der Waals surface area (Å²) in [5, 5.41) is 8.72. The summed E-state index contributed by atoms with van der Waals surface area (Å²) >= 11 is 0. The minimum Gasteiger partial charge on any atom is -0.444 e. The summed E-state index contributed by atoms with van der Waals surface area (Å²) in [4.78, 5) is 26.1. The molecule has 1 aliphatic rings. The van der Waals surface area contributed by atoms with Crippen LogP contribution in [0.1, 0.15) is 33.6 Å². The molecule has 0 bridgehead atoms. The fraction of sp³-hybridized carbons (Fsp3) is 0.818. The SMILES string of the molecule is CC(C)(C)OC(=O)N[C@H]1CC[C@H](N=[N+]=[N-])CNC1=O. The molecule has 8 heteroatoms. The van der Waals surface area contributed by atoms with Gasteiger partial charge in [-0.15, -0.1) is 0 Å². The zero-order valence-corrected chi connectivity index (χ0v) is 11.3. The third-order valence-electron chi connectivity index (χ3n) is 2.52. The predicted molar refractivity (Wildman–Crippen MR) is 68.3 cm³/mol. The maximum absolute atomic E-state index is 11.7. The first-order chi connectivity index (χ1) is 8.81. The molecule has 1 heterocycles. The third kappa shape index (κ3) is 5.48. The van der Waals surface area contributed by atoms with Crippen LogP contribution in [-0.2, 0) is 9.53 Å². The van der Waals surface area contributed by atoms with Crippen molar-refractivity contribution in [1.29, 1.82) is 0 Å². The van der Waals surface area contributed by atoms with Crippen molar-refractivity contribution in [2.24, 2.45) is 5.11 Å². The molecule has 0 radical (unpaired) electrons. The first kappa shape index (κ1) is 15.1. The van der Waals surface area contributed by atoms with E-state index in [0.717, 1.165) is 0 Å². The molecular formula is C11H19N5O3. The maximum atomic E-state index is 11.7. The number of azide groups is 1. The molecule has 0 aromatic carbocycles. The lowest BCUT2D eigenvalue weighted by atomic mass is 10.1. The van der Waals surface area contributed by atoms with Crippen molar-refractivity contribution in [2.75, 3.05) is 6.54 Å². The van der Waals surface area contributed by atoms with E-state index in [2.05, 4.69) is 20.7 Å². The molecule has 19 heavy (non-hydrogen) atoms. The summed E-state index contributed by atoms with van der Waals surface area (Å²) in [6, 6.07) is -0.937. The van der Waals surface area contributed by atoms with E-state index in [1.54, 1.807) is 20.8 Å². The number of alkyl carbamates (subject to hydrolysis) is 1. The second-order valence-corrected chi connectivity index (χ2v) is 5.38. The number of ether oxygens (including phenoxy) is 1. The van der Waals surface area contributed by atoms with Gasteiger partial charge < -0.3 is 15.4 Å².